The van der Waals surface area contributed by atoms with Crippen molar-refractivity contribution in [3.8, 4) is 16.9 Å². The van der Waals surface area contributed by atoms with Gasteiger partial charge in [0.05, 0.1) is 28.2 Å². The molecular formula is C32H31F4N5. The summed E-state index contributed by atoms with van der Waals surface area (Å²) in [6.45, 7) is 7.03. The van der Waals surface area contributed by atoms with Crippen molar-refractivity contribution in [3.63, 3.8) is 0 Å². The zero-order valence-electron chi connectivity index (χ0n) is 23.2. The topological polar surface area (TPSA) is 49.7 Å². The molecule has 0 saturated carbocycles. The van der Waals surface area contributed by atoms with E-state index in [1.54, 1.807) is 13.1 Å². The molecule has 5 nitrogen and oxygen atoms in total. The van der Waals surface area contributed by atoms with Crippen LogP contribution in [0.15, 0.2) is 54.9 Å². The summed E-state index contributed by atoms with van der Waals surface area (Å²) >= 11 is 0. The number of para-hydroxylation sites is 1. The summed E-state index contributed by atoms with van der Waals surface area (Å²) in [7, 11) is 0. The first-order valence-corrected chi connectivity index (χ1v) is 14.0. The maximum atomic E-state index is 15.1. The number of hydrogen-bond donors (Lipinski definition) is 1. The predicted octanol–water partition coefficient (Wildman–Crippen LogP) is 7.96. The van der Waals surface area contributed by atoms with E-state index >= 15 is 4.39 Å². The van der Waals surface area contributed by atoms with Gasteiger partial charge in [-0.25, -0.2) is 14.1 Å². The molecule has 1 aliphatic heterocycles. The summed E-state index contributed by atoms with van der Waals surface area (Å²) in [4.78, 5) is 9.21. The zero-order chi connectivity index (χ0) is 28.9. The molecule has 0 saturated heterocycles. The predicted molar refractivity (Wildman–Crippen MR) is 153 cm³/mol. The van der Waals surface area contributed by atoms with Crippen LogP contribution in [-0.4, -0.2) is 26.3 Å². The smallest absolute Gasteiger partial charge is 0.359 e. The van der Waals surface area contributed by atoms with Crippen LogP contribution in [0.5, 0.6) is 0 Å². The van der Waals surface area contributed by atoms with Gasteiger partial charge in [0.1, 0.15) is 11.6 Å². The molecule has 5 aromatic rings. The summed E-state index contributed by atoms with van der Waals surface area (Å²) in [5.41, 5.74) is 7.24. The number of aromatic amines is 1. The number of nitrogens with zero attached hydrogens (tertiary/aromatic N) is 4. The number of rotatable bonds is 6. The number of nitrogens with one attached hydrogen (secondary N) is 1. The van der Waals surface area contributed by atoms with Crippen molar-refractivity contribution in [2.24, 2.45) is 0 Å². The molecule has 0 spiro atoms. The Kier molecular flexibility index (Phi) is 6.83. The molecule has 6 rings (SSSR count). The van der Waals surface area contributed by atoms with Crippen LogP contribution in [-0.2, 0) is 32.0 Å². The number of benzene rings is 2. The van der Waals surface area contributed by atoms with Gasteiger partial charge in [0, 0.05) is 48.4 Å². The lowest BCUT2D eigenvalue weighted by atomic mass is 9.95. The van der Waals surface area contributed by atoms with Gasteiger partial charge in [-0.2, -0.15) is 18.3 Å². The Morgan fingerprint density at radius 1 is 1.05 bits per heavy atom. The molecule has 9 heteroatoms. The van der Waals surface area contributed by atoms with Crippen molar-refractivity contribution in [3.05, 3.63) is 94.2 Å². The number of aromatic nitrogens is 4. The van der Waals surface area contributed by atoms with Gasteiger partial charge in [0.2, 0.25) is 0 Å². The van der Waals surface area contributed by atoms with Crippen LogP contribution in [0.25, 0.3) is 27.8 Å². The molecule has 1 aliphatic rings. The lowest BCUT2D eigenvalue weighted by Gasteiger charge is -2.28. The van der Waals surface area contributed by atoms with E-state index in [0.29, 0.717) is 36.4 Å². The molecule has 0 radical (unpaired) electrons. The average molecular weight is 562 g/mol. The van der Waals surface area contributed by atoms with E-state index in [1.165, 1.54) is 17.2 Å². The summed E-state index contributed by atoms with van der Waals surface area (Å²) < 4.78 is 56.7. The number of hydrogen-bond acceptors (Lipinski definition) is 3. The van der Waals surface area contributed by atoms with Crippen LogP contribution in [0, 0.1) is 12.7 Å². The van der Waals surface area contributed by atoms with E-state index in [4.69, 9.17) is 5.10 Å². The van der Waals surface area contributed by atoms with Crippen molar-refractivity contribution in [1.82, 2.24) is 19.7 Å². The largest absolute Gasteiger partial charge is 0.417 e. The maximum Gasteiger partial charge on any atom is 0.417 e. The Morgan fingerprint density at radius 2 is 1.85 bits per heavy atom. The SMILES string of the molecule is CCCc1cccc(CC)c1-n1nc2c(c1-c1cc(C)c(F)c3[nH]ccc13)CN(c1ccc(C(F)(F)F)cn1)CC2. The number of H-pyrrole nitrogens is 1. The molecule has 0 atom stereocenters. The van der Waals surface area contributed by atoms with E-state index in [9.17, 15) is 13.2 Å². The molecular weight excluding hydrogens is 530 g/mol. The molecule has 4 heterocycles. The van der Waals surface area contributed by atoms with E-state index in [1.807, 2.05) is 21.7 Å². The lowest BCUT2D eigenvalue weighted by Crippen LogP contribution is -2.31. The number of alkyl halides is 3. The van der Waals surface area contributed by atoms with E-state index in [-0.39, 0.29) is 5.82 Å². The average Bonchev–Trinajstić information content (AvgIpc) is 3.60. The summed E-state index contributed by atoms with van der Waals surface area (Å²) in [6.07, 6.45) is 1.46. The summed E-state index contributed by atoms with van der Waals surface area (Å²) in [5, 5.41) is 5.94. The second kappa shape index (κ2) is 10.4. The highest BCUT2D eigenvalue weighted by atomic mass is 19.4. The van der Waals surface area contributed by atoms with Gasteiger partial charge in [-0.3, -0.25) is 0 Å². The highest BCUT2D eigenvalue weighted by molar-refractivity contribution is 5.96. The van der Waals surface area contributed by atoms with Crippen LogP contribution < -0.4 is 4.90 Å². The molecule has 0 amide bonds. The standard InChI is InChI=1S/C32H31F4N5/c1-4-7-21-9-6-8-20(5-2)30(21)41-31(24-16-19(3)28(33)29-23(24)12-14-37-29)25-18-40(15-13-26(25)39-41)27-11-10-22(17-38-27)32(34,35)36/h6,8-12,14,16-17,37H,4-5,7,13,15,18H2,1-3H3. The molecule has 41 heavy (non-hydrogen) atoms. The van der Waals surface area contributed by atoms with Gasteiger partial charge < -0.3 is 9.88 Å². The normalized spacial score (nSPS) is 13.7. The fourth-order valence-electron chi connectivity index (χ4n) is 5.95. The highest BCUT2D eigenvalue weighted by Crippen LogP contribution is 2.40. The zero-order valence-corrected chi connectivity index (χ0v) is 23.2. The van der Waals surface area contributed by atoms with Gasteiger partial charge in [-0.15, -0.1) is 0 Å². The minimum atomic E-state index is -4.44. The van der Waals surface area contributed by atoms with E-state index < -0.39 is 11.7 Å². The fraction of sp³-hybridized carbons (Fsp3) is 0.312. The minimum absolute atomic E-state index is 0.287. The van der Waals surface area contributed by atoms with Crippen molar-refractivity contribution in [1.29, 1.82) is 0 Å². The van der Waals surface area contributed by atoms with Crippen LogP contribution in [0.3, 0.4) is 0 Å². The number of pyridine rings is 1. The Bertz CT molecular complexity index is 1730. The Labute approximate surface area is 235 Å². The third-order valence-electron chi connectivity index (χ3n) is 7.97. The first-order valence-electron chi connectivity index (χ1n) is 14.0. The monoisotopic (exact) mass is 561 g/mol. The van der Waals surface area contributed by atoms with Crippen LogP contribution in [0.2, 0.25) is 0 Å². The van der Waals surface area contributed by atoms with Gasteiger partial charge in [-0.05, 0) is 60.7 Å². The maximum absolute atomic E-state index is 15.1. The molecule has 1 N–H and O–H groups in total. The van der Waals surface area contributed by atoms with Crippen molar-refractivity contribution in [2.75, 3.05) is 11.4 Å². The molecule has 0 fully saturated rings. The van der Waals surface area contributed by atoms with E-state index in [0.717, 1.165) is 65.1 Å². The third-order valence-corrected chi connectivity index (χ3v) is 7.97. The Balaban J connectivity index is 1.57. The van der Waals surface area contributed by atoms with Crippen molar-refractivity contribution >= 4 is 16.7 Å². The van der Waals surface area contributed by atoms with Gasteiger partial charge in [-0.1, -0.05) is 38.5 Å². The molecule has 2 aromatic carbocycles. The molecule has 3 aromatic heterocycles. The number of aryl methyl sites for hydroxylation is 3. The fourth-order valence-corrected chi connectivity index (χ4v) is 5.95. The Hall–Kier alpha value is -4.14. The molecule has 212 valence electrons. The number of anilines is 1. The minimum Gasteiger partial charge on any atom is -0.359 e. The van der Waals surface area contributed by atoms with Gasteiger partial charge in [0.15, 0.2) is 0 Å². The molecule has 0 bridgehead atoms. The second-order valence-electron chi connectivity index (χ2n) is 10.6. The lowest BCUT2D eigenvalue weighted by molar-refractivity contribution is -0.137. The van der Waals surface area contributed by atoms with Crippen LogP contribution in [0.4, 0.5) is 23.4 Å². The third kappa shape index (κ3) is 4.67. The number of fused-ring (bicyclic) bond motifs is 2. The van der Waals surface area contributed by atoms with E-state index in [2.05, 4.69) is 42.0 Å². The first kappa shape index (κ1) is 27.1. The quantitative estimate of drug-likeness (QED) is 0.214. The van der Waals surface area contributed by atoms with Gasteiger partial charge >= 0.3 is 6.18 Å². The molecule has 0 unspecified atom stereocenters. The number of halogens is 4. The first-order chi connectivity index (χ1) is 19.7. The van der Waals surface area contributed by atoms with Crippen molar-refractivity contribution in [2.45, 2.75) is 59.2 Å². The Morgan fingerprint density at radius 3 is 2.56 bits per heavy atom. The second-order valence-corrected chi connectivity index (χ2v) is 10.6. The van der Waals surface area contributed by atoms with Crippen LogP contribution in [0.1, 0.15) is 53.8 Å². The van der Waals surface area contributed by atoms with Gasteiger partial charge in [0.25, 0.3) is 0 Å². The highest BCUT2D eigenvalue weighted by Gasteiger charge is 2.32. The van der Waals surface area contributed by atoms with Crippen LogP contribution >= 0.6 is 0 Å². The summed E-state index contributed by atoms with van der Waals surface area (Å²) in [5.74, 6) is 0.190. The summed E-state index contributed by atoms with van der Waals surface area (Å²) in [6, 6.07) is 12.6. The van der Waals surface area contributed by atoms with Crippen molar-refractivity contribution < 1.29 is 17.6 Å². The molecule has 0 aliphatic carbocycles.